The summed E-state index contributed by atoms with van der Waals surface area (Å²) in [5.74, 6) is 0.921. The molecule has 2 fully saturated rings. The third-order valence-corrected chi connectivity index (χ3v) is 6.20. The molecule has 2 saturated heterocycles. The van der Waals surface area contributed by atoms with Crippen LogP contribution in [0.4, 0.5) is 0 Å². The van der Waals surface area contributed by atoms with E-state index in [1.54, 1.807) is 12.4 Å². The number of aromatic nitrogens is 1. The van der Waals surface area contributed by atoms with Gasteiger partial charge in [-0.05, 0) is 73.9 Å². The Morgan fingerprint density at radius 1 is 0.929 bits per heavy atom. The monoisotopic (exact) mass is 377 g/mol. The highest BCUT2D eigenvalue weighted by molar-refractivity contribution is 5.78. The Hall–Kier alpha value is -2.20. The average molecular weight is 378 g/mol. The van der Waals surface area contributed by atoms with Gasteiger partial charge in [-0.3, -0.25) is 14.7 Å². The molecule has 148 valence electrons. The average Bonchev–Trinajstić information content (AvgIpc) is 3.24. The van der Waals surface area contributed by atoms with Crippen molar-refractivity contribution in [2.75, 3.05) is 26.2 Å². The number of carbonyl (C=O) groups is 1. The lowest BCUT2D eigenvalue weighted by molar-refractivity contribution is -0.131. The van der Waals surface area contributed by atoms with E-state index in [1.807, 2.05) is 17.0 Å². The summed E-state index contributed by atoms with van der Waals surface area (Å²) < 4.78 is 0. The van der Waals surface area contributed by atoms with Gasteiger partial charge in [0, 0.05) is 32.0 Å². The van der Waals surface area contributed by atoms with E-state index >= 15 is 0 Å². The number of nitrogens with zero attached hydrogens (tertiary/aromatic N) is 3. The van der Waals surface area contributed by atoms with Gasteiger partial charge in [0.15, 0.2) is 0 Å². The number of hydrogen-bond donors (Lipinski definition) is 0. The van der Waals surface area contributed by atoms with Gasteiger partial charge in [0.2, 0.25) is 5.91 Å². The Kier molecular flexibility index (Phi) is 6.38. The summed E-state index contributed by atoms with van der Waals surface area (Å²) in [6.45, 7) is 5.37. The maximum absolute atomic E-state index is 12.5. The summed E-state index contributed by atoms with van der Waals surface area (Å²) in [6, 6.07) is 13.1. The zero-order chi connectivity index (χ0) is 19.2. The molecule has 2 aromatic rings. The lowest BCUT2D eigenvalue weighted by atomic mass is 9.89. The van der Waals surface area contributed by atoms with E-state index in [0.717, 1.165) is 44.5 Å². The summed E-state index contributed by atoms with van der Waals surface area (Å²) in [6.07, 6.45) is 10.0. The highest BCUT2D eigenvalue weighted by atomic mass is 16.2. The Balaban J connectivity index is 1.22. The van der Waals surface area contributed by atoms with Gasteiger partial charge in [-0.2, -0.15) is 0 Å². The molecule has 1 amide bonds. The highest BCUT2D eigenvalue weighted by Crippen LogP contribution is 2.23. The van der Waals surface area contributed by atoms with Gasteiger partial charge in [0.25, 0.3) is 0 Å². The van der Waals surface area contributed by atoms with E-state index in [1.165, 1.54) is 37.1 Å². The first kappa shape index (κ1) is 19.1. The van der Waals surface area contributed by atoms with Crippen molar-refractivity contribution in [3.05, 3.63) is 65.5 Å². The van der Waals surface area contributed by atoms with Gasteiger partial charge in [0.1, 0.15) is 0 Å². The molecule has 0 spiro atoms. The molecule has 0 aliphatic carbocycles. The van der Waals surface area contributed by atoms with Crippen LogP contribution in [0, 0.1) is 5.92 Å². The summed E-state index contributed by atoms with van der Waals surface area (Å²) in [5, 5.41) is 0. The van der Waals surface area contributed by atoms with Crippen molar-refractivity contribution in [2.45, 2.75) is 45.1 Å². The van der Waals surface area contributed by atoms with E-state index in [-0.39, 0.29) is 5.91 Å². The molecule has 4 heteroatoms. The van der Waals surface area contributed by atoms with Crippen molar-refractivity contribution in [3.63, 3.8) is 0 Å². The molecule has 4 rings (SSSR count). The predicted octanol–water partition coefficient (Wildman–Crippen LogP) is 3.70. The molecule has 28 heavy (non-hydrogen) atoms. The molecule has 0 unspecified atom stereocenters. The first-order valence-electron chi connectivity index (χ1n) is 10.7. The molecule has 0 radical (unpaired) electrons. The molecule has 1 aromatic carbocycles. The zero-order valence-electron chi connectivity index (χ0n) is 16.7. The SMILES string of the molecule is O=C(Cc1cccnc1)N1CCC(Cc2ccc(CN3CCCC3)cc2)CC1. The number of amides is 1. The van der Waals surface area contributed by atoms with Crippen LogP contribution in [-0.4, -0.2) is 46.9 Å². The van der Waals surface area contributed by atoms with Gasteiger partial charge in [-0.25, -0.2) is 0 Å². The summed E-state index contributed by atoms with van der Waals surface area (Å²) in [4.78, 5) is 21.2. The van der Waals surface area contributed by atoms with E-state index in [9.17, 15) is 4.79 Å². The van der Waals surface area contributed by atoms with Crippen LogP contribution >= 0.6 is 0 Å². The Labute approximate surface area is 168 Å². The number of hydrogen-bond acceptors (Lipinski definition) is 3. The minimum Gasteiger partial charge on any atom is -0.342 e. The largest absolute Gasteiger partial charge is 0.342 e. The van der Waals surface area contributed by atoms with Crippen molar-refractivity contribution in [1.29, 1.82) is 0 Å². The minimum atomic E-state index is 0.234. The summed E-state index contributed by atoms with van der Waals surface area (Å²) >= 11 is 0. The molecule has 0 bridgehead atoms. The third kappa shape index (κ3) is 5.20. The van der Waals surface area contributed by atoms with Crippen molar-refractivity contribution in [2.24, 2.45) is 5.92 Å². The first-order chi connectivity index (χ1) is 13.8. The van der Waals surface area contributed by atoms with Crippen molar-refractivity contribution in [1.82, 2.24) is 14.8 Å². The Morgan fingerprint density at radius 2 is 1.64 bits per heavy atom. The van der Waals surface area contributed by atoms with E-state index in [2.05, 4.69) is 34.1 Å². The normalized spacial score (nSPS) is 18.5. The molecule has 0 N–H and O–H groups in total. The van der Waals surface area contributed by atoms with Gasteiger partial charge < -0.3 is 4.90 Å². The first-order valence-corrected chi connectivity index (χ1v) is 10.7. The van der Waals surface area contributed by atoms with E-state index < -0.39 is 0 Å². The van der Waals surface area contributed by atoms with Crippen LogP contribution < -0.4 is 0 Å². The van der Waals surface area contributed by atoms with Gasteiger partial charge in [-0.15, -0.1) is 0 Å². The predicted molar refractivity (Wildman–Crippen MR) is 112 cm³/mol. The highest BCUT2D eigenvalue weighted by Gasteiger charge is 2.23. The van der Waals surface area contributed by atoms with Crippen LogP contribution in [0.3, 0.4) is 0 Å². The molecule has 1 aromatic heterocycles. The molecule has 4 nitrogen and oxygen atoms in total. The standard InChI is InChI=1S/C24H31N3O/c28-24(17-23-4-3-11-25-18-23)27-14-9-21(10-15-27)16-20-5-7-22(8-6-20)19-26-12-1-2-13-26/h3-8,11,18,21H,1-2,9-10,12-17,19H2. The molecule has 0 atom stereocenters. The fraction of sp³-hybridized carbons (Fsp3) is 0.500. The van der Waals surface area contributed by atoms with Crippen LogP contribution in [0.5, 0.6) is 0 Å². The molecular formula is C24H31N3O. The molecule has 2 aliphatic rings. The summed E-state index contributed by atoms with van der Waals surface area (Å²) in [5.41, 5.74) is 3.87. The van der Waals surface area contributed by atoms with Gasteiger partial charge in [-0.1, -0.05) is 30.3 Å². The second kappa shape index (κ2) is 9.33. The van der Waals surface area contributed by atoms with Gasteiger partial charge in [0.05, 0.1) is 6.42 Å². The van der Waals surface area contributed by atoms with E-state index in [4.69, 9.17) is 0 Å². The maximum atomic E-state index is 12.5. The Bertz CT molecular complexity index is 745. The second-order valence-electron chi connectivity index (χ2n) is 8.37. The summed E-state index contributed by atoms with van der Waals surface area (Å²) in [7, 11) is 0. The fourth-order valence-corrected chi connectivity index (χ4v) is 4.49. The Morgan fingerprint density at radius 3 is 2.32 bits per heavy atom. The minimum absolute atomic E-state index is 0.234. The number of benzene rings is 1. The van der Waals surface area contributed by atoms with Crippen LogP contribution in [0.25, 0.3) is 0 Å². The molecule has 2 aliphatic heterocycles. The number of carbonyl (C=O) groups excluding carboxylic acids is 1. The zero-order valence-corrected chi connectivity index (χ0v) is 16.7. The lowest BCUT2D eigenvalue weighted by Crippen LogP contribution is -2.39. The van der Waals surface area contributed by atoms with E-state index in [0.29, 0.717) is 12.3 Å². The number of rotatable bonds is 6. The number of piperidine rings is 1. The smallest absolute Gasteiger partial charge is 0.227 e. The van der Waals surface area contributed by atoms with Crippen LogP contribution in [0.1, 0.15) is 42.4 Å². The van der Waals surface area contributed by atoms with Crippen molar-refractivity contribution in [3.8, 4) is 0 Å². The topological polar surface area (TPSA) is 36.4 Å². The van der Waals surface area contributed by atoms with Crippen LogP contribution in [-0.2, 0) is 24.2 Å². The van der Waals surface area contributed by atoms with Gasteiger partial charge >= 0.3 is 0 Å². The van der Waals surface area contributed by atoms with Crippen LogP contribution in [0.2, 0.25) is 0 Å². The number of pyridine rings is 1. The quantitative estimate of drug-likeness (QED) is 0.770. The third-order valence-electron chi connectivity index (χ3n) is 6.20. The maximum Gasteiger partial charge on any atom is 0.227 e. The van der Waals surface area contributed by atoms with Crippen molar-refractivity contribution < 1.29 is 4.79 Å². The molecule has 3 heterocycles. The lowest BCUT2D eigenvalue weighted by Gasteiger charge is -2.32. The number of likely N-dealkylation sites (tertiary alicyclic amines) is 2. The van der Waals surface area contributed by atoms with Crippen molar-refractivity contribution >= 4 is 5.91 Å². The molecule has 0 saturated carbocycles. The van der Waals surface area contributed by atoms with Crippen LogP contribution in [0.15, 0.2) is 48.8 Å². The second-order valence-corrected chi connectivity index (χ2v) is 8.37. The fourth-order valence-electron chi connectivity index (χ4n) is 4.49. The molecular weight excluding hydrogens is 346 g/mol.